The van der Waals surface area contributed by atoms with E-state index in [-0.39, 0.29) is 0 Å². The molecule has 0 N–H and O–H groups in total. The van der Waals surface area contributed by atoms with E-state index in [4.69, 9.17) is 0 Å². The molecule has 11 aromatic carbocycles. The van der Waals surface area contributed by atoms with Crippen LogP contribution in [0.25, 0.3) is 93.9 Å². The van der Waals surface area contributed by atoms with Gasteiger partial charge in [0.1, 0.15) is 0 Å². The third-order valence-corrected chi connectivity index (χ3v) is 13.0. The van der Waals surface area contributed by atoms with Crippen LogP contribution in [-0.2, 0) is 0 Å². The second kappa shape index (κ2) is 16.8. The fraction of sp³-hybridized carbons (Fsp3) is 0. The molecule has 66 heavy (non-hydrogen) atoms. The minimum absolute atomic E-state index is 1.10. The fourth-order valence-corrected chi connectivity index (χ4v) is 9.68. The van der Waals surface area contributed by atoms with E-state index in [1.807, 2.05) is 0 Å². The molecular weight excluding hydrogens is 797 g/mol. The summed E-state index contributed by atoms with van der Waals surface area (Å²) in [6.45, 7) is 0. The number of nitrogens with zero attached hydrogens (tertiary/aromatic N) is 2. The molecule has 0 atom stereocenters. The van der Waals surface area contributed by atoms with Crippen molar-refractivity contribution in [2.75, 3.05) is 4.90 Å². The van der Waals surface area contributed by atoms with Crippen molar-refractivity contribution in [1.82, 2.24) is 4.57 Å². The molecule has 12 aromatic rings. The van der Waals surface area contributed by atoms with Gasteiger partial charge in [-0.1, -0.05) is 194 Å². The molecule has 2 nitrogen and oxygen atoms in total. The second-order valence-corrected chi connectivity index (χ2v) is 16.9. The Balaban J connectivity index is 0.903. The van der Waals surface area contributed by atoms with Gasteiger partial charge in [-0.05, 0) is 139 Å². The third kappa shape index (κ3) is 7.21. The standard InChI is InChI=1S/C64H44N2/c1-4-13-45(14-5-1)48-23-33-56(34-24-48)65(57-35-25-49(26-36-57)46-15-6-2-7-16-46)58-37-29-51(30-38-58)53-20-12-21-54(43-53)55-32-41-62-61(44-55)64-60-22-11-10-19-52(60)31-42-63(64)66(62)59-39-27-50(28-40-59)47-17-8-3-9-18-47/h1-44H. The smallest absolute Gasteiger partial charge is 0.0547 e. The second-order valence-electron chi connectivity index (χ2n) is 16.9. The van der Waals surface area contributed by atoms with E-state index in [1.165, 1.54) is 88.2 Å². The van der Waals surface area contributed by atoms with Crippen LogP contribution in [0.5, 0.6) is 0 Å². The Morgan fingerprint density at radius 1 is 0.242 bits per heavy atom. The largest absolute Gasteiger partial charge is 0.311 e. The zero-order valence-corrected chi connectivity index (χ0v) is 36.3. The Morgan fingerprint density at radius 3 is 1.15 bits per heavy atom. The van der Waals surface area contributed by atoms with Crippen LogP contribution in [0.15, 0.2) is 267 Å². The maximum atomic E-state index is 2.42. The van der Waals surface area contributed by atoms with Gasteiger partial charge < -0.3 is 9.47 Å². The predicted molar refractivity (Wildman–Crippen MR) is 280 cm³/mol. The molecule has 0 bridgehead atoms. The summed E-state index contributed by atoms with van der Waals surface area (Å²) in [7, 11) is 0. The highest BCUT2D eigenvalue weighted by Gasteiger charge is 2.18. The fourth-order valence-electron chi connectivity index (χ4n) is 9.68. The number of hydrogen-bond acceptors (Lipinski definition) is 1. The number of anilines is 3. The summed E-state index contributed by atoms with van der Waals surface area (Å²) in [5, 5.41) is 5.03. The third-order valence-electron chi connectivity index (χ3n) is 13.0. The molecule has 0 saturated carbocycles. The molecule has 0 aliphatic rings. The first-order valence-electron chi connectivity index (χ1n) is 22.7. The Bertz CT molecular complexity index is 3550. The lowest BCUT2D eigenvalue weighted by Crippen LogP contribution is -2.09. The van der Waals surface area contributed by atoms with Gasteiger partial charge >= 0.3 is 0 Å². The van der Waals surface area contributed by atoms with Crippen LogP contribution in [0, 0.1) is 0 Å². The molecule has 0 amide bonds. The Labute approximate surface area is 385 Å². The Hall–Kier alpha value is -8.72. The molecule has 0 saturated heterocycles. The van der Waals surface area contributed by atoms with Crippen LogP contribution in [0.4, 0.5) is 17.1 Å². The maximum Gasteiger partial charge on any atom is 0.0547 e. The van der Waals surface area contributed by atoms with Gasteiger partial charge in [-0.25, -0.2) is 0 Å². The molecule has 0 aliphatic carbocycles. The van der Waals surface area contributed by atoms with Crippen molar-refractivity contribution in [3.63, 3.8) is 0 Å². The number of hydrogen-bond donors (Lipinski definition) is 0. The first kappa shape index (κ1) is 38.9. The van der Waals surface area contributed by atoms with E-state index in [0.717, 1.165) is 22.7 Å². The topological polar surface area (TPSA) is 8.17 Å². The van der Waals surface area contributed by atoms with Crippen molar-refractivity contribution in [2.45, 2.75) is 0 Å². The molecular formula is C64H44N2. The normalized spacial score (nSPS) is 11.3. The Morgan fingerprint density at radius 2 is 0.621 bits per heavy atom. The lowest BCUT2D eigenvalue weighted by Gasteiger charge is -2.26. The first-order valence-corrected chi connectivity index (χ1v) is 22.7. The van der Waals surface area contributed by atoms with Crippen molar-refractivity contribution >= 4 is 49.6 Å². The molecule has 0 spiro atoms. The molecule has 12 rings (SSSR count). The average molecular weight is 841 g/mol. The highest BCUT2D eigenvalue weighted by Crippen LogP contribution is 2.41. The SMILES string of the molecule is c1ccc(-c2ccc(N(c3ccc(-c4ccccc4)cc3)c3ccc(-c4cccc(-c5ccc6c(c5)c5c7ccccc7ccc5n6-c5ccc(-c6ccccc6)cc5)c4)cc3)cc2)cc1. The van der Waals surface area contributed by atoms with Crippen molar-refractivity contribution < 1.29 is 0 Å². The summed E-state index contributed by atoms with van der Waals surface area (Å²) in [5.41, 5.74) is 18.8. The average Bonchev–Trinajstić information content (AvgIpc) is 3.74. The first-order chi connectivity index (χ1) is 32.7. The lowest BCUT2D eigenvalue weighted by atomic mass is 9.97. The van der Waals surface area contributed by atoms with Gasteiger partial charge in [0.05, 0.1) is 11.0 Å². The summed E-state index contributed by atoms with van der Waals surface area (Å²) in [6.07, 6.45) is 0. The van der Waals surface area contributed by atoms with Crippen LogP contribution in [0.2, 0.25) is 0 Å². The predicted octanol–water partition coefficient (Wildman–Crippen LogP) is 17.7. The summed E-state index contributed by atoms with van der Waals surface area (Å²) in [5.74, 6) is 0. The summed E-state index contributed by atoms with van der Waals surface area (Å²) >= 11 is 0. The molecule has 0 aliphatic heterocycles. The van der Waals surface area contributed by atoms with Crippen molar-refractivity contribution in [3.8, 4) is 61.3 Å². The van der Waals surface area contributed by atoms with Crippen LogP contribution in [0.3, 0.4) is 0 Å². The maximum absolute atomic E-state index is 2.42. The highest BCUT2D eigenvalue weighted by atomic mass is 15.1. The van der Waals surface area contributed by atoms with Crippen LogP contribution in [0.1, 0.15) is 0 Å². The molecule has 1 heterocycles. The lowest BCUT2D eigenvalue weighted by molar-refractivity contribution is 1.18. The van der Waals surface area contributed by atoms with Crippen LogP contribution >= 0.6 is 0 Å². The highest BCUT2D eigenvalue weighted by molar-refractivity contribution is 6.22. The molecule has 2 heteroatoms. The monoisotopic (exact) mass is 840 g/mol. The van der Waals surface area contributed by atoms with Crippen LogP contribution in [-0.4, -0.2) is 4.57 Å². The number of benzene rings is 11. The van der Waals surface area contributed by atoms with Gasteiger partial charge in [-0.15, -0.1) is 0 Å². The summed E-state index contributed by atoms with van der Waals surface area (Å²) < 4.78 is 2.42. The molecule has 1 aromatic heterocycles. The quantitative estimate of drug-likeness (QED) is 0.141. The van der Waals surface area contributed by atoms with Crippen molar-refractivity contribution in [2.24, 2.45) is 0 Å². The van der Waals surface area contributed by atoms with Gasteiger partial charge in [0.2, 0.25) is 0 Å². The molecule has 0 unspecified atom stereocenters. The van der Waals surface area contributed by atoms with Gasteiger partial charge in [0.25, 0.3) is 0 Å². The number of aromatic nitrogens is 1. The van der Waals surface area contributed by atoms with Gasteiger partial charge in [-0.3, -0.25) is 0 Å². The van der Waals surface area contributed by atoms with Crippen molar-refractivity contribution in [3.05, 3.63) is 267 Å². The van der Waals surface area contributed by atoms with E-state index in [0.29, 0.717) is 0 Å². The van der Waals surface area contributed by atoms with E-state index in [2.05, 4.69) is 276 Å². The minimum atomic E-state index is 1.10. The zero-order chi connectivity index (χ0) is 43.8. The van der Waals surface area contributed by atoms with E-state index in [9.17, 15) is 0 Å². The van der Waals surface area contributed by atoms with Gasteiger partial charge in [0.15, 0.2) is 0 Å². The van der Waals surface area contributed by atoms with Gasteiger partial charge in [-0.2, -0.15) is 0 Å². The van der Waals surface area contributed by atoms with Crippen LogP contribution < -0.4 is 4.90 Å². The molecule has 310 valence electrons. The molecule has 0 fully saturated rings. The zero-order valence-electron chi connectivity index (χ0n) is 36.3. The van der Waals surface area contributed by atoms with Gasteiger partial charge in [0, 0.05) is 33.5 Å². The molecule has 0 radical (unpaired) electrons. The van der Waals surface area contributed by atoms with Crippen molar-refractivity contribution in [1.29, 1.82) is 0 Å². The van der Waals surface area contributed by atoms with E-state index < -0.39 is 0 Å². The van der Waals surface area contributed by atoms with E-state index in [1.54, 1.807) is 0 Å². The van der Waals surface area contributed by atoms with E-state index >= 15 is 0 Å². The number of rotatable bonds is 9. The Kier molecular flexibility index (Phi) is 9.89. The number of fused-ring (bicyclic) bond motifs is 5. The summed E-state index contributed by atoms with van der Waals surface area (Å²) in [4.78, 5) is 2.34. The minimum Gasteiger partial charge on any atom is -0.311 e. The summed E-state index contributed by atoms with van der Waals surface area (Å²) in [6, 6.07) is 96.7.